The fourth-order valence-corrected chi connectivity index (χ4v) is 1.61. The van der Waals surface area contributed by atoms with Crippen molar-refractivity contribution >= 4 is 15.9 Å². The average molecular weight is 284 g/mol. The zero-order valence-electron chi connectivity index (χ0n) is 7.18. The number of ether oxygens (including phenoxy) is 1. The number of halogens is 4. The predicted octanol–water partition coefficient (Wildman–Crippen LogP) is 1.99. The van der Waals surface area contributed by atoms with Gasteiger partial charge in [-0.2, -0.15) is 13.2 Å². The highest BCUT2D eigenvalue weighted by Crippen LogP contribution is 2.46. The normalized spacial score (nSPS) is 24.9. The van der Waals surface area contributed by atoms with Crippen molar-refractivity contribution in [1.29, 1.82) is 0 Å². The summed E-state index contributed by atoms with van der Waals surface area (Å²) < 4.78 is 42.7. The van der Waals surface area contributed by atoms with Crippen LogP contribution < -0.4 is 4.74 Å². The molecule has 1 aromatic heterocycles. The van der Waals surface area contributed by atoms with Crippen LogP contribution in [0.2, 0.25) is 0 Å². The van der Waals surface area contributed by atoms with Crippen molar-refractivity contribution in [2.45, 2.75) is 11.8 Å². The van der Waals surface area contributed by atoms with E-state index < -0.39 is 24.1 Å². The third kappa shape index (κ3) is 1.50. The summed E-state index contributed by atoms with van der Waals surface area (Å²) >= 11 is 2.94. The summed E-state index contributed by atoms with van der Waals surface area (Å²) in [5.41, 5.74) is -3.50. The number of aromatic nitrogens is 1. The van der Waals surface area contributed by atoms with Crippen molar-refractivity contribution in [3.8, 4) is 5.75 Å². The lowest BCUT2D eigenvalue weighted by Crippen LogP contribution is -2.44. The second kappa shape index (κ2) is 3.08. The molecule has 1 atom stereocenters. The van der Waals surface area contributed by atoms with E-state index in [1.54, 1.807) is 0 Å². The molecule has 2 rings (SSSR count). The van der Waals surface area contributed by atoms with Crippen molar-refractivity contribution < 1.29 is 23.0 Å². The first-order valence-electron chi connectivity index (χ1n) is 3.93. The number of pyridine rings is 1. The third-order valence-corrected chi connectivity index (χ3v) is 2.56. The molecular weight excluding hydrogens is 279 g/mol. The zero-order valence-corrected chi connectivity index (χ0v) is 8.76. The second-order valence-electron chi connectivity index (χ2n) is 3.13. The molecule has 2 heterocycles. The van der Waals surface area contributed by atoms with E-state index >= 15 is 0 Å². The molecular formula is C8H5BrF3NO2. The van der Waals surface area contributed by atoms with Crippen molar-refractivity contribution in [1.82, 2.24) is 4.98 Å². The SMILES string of the molecule is OC1(C(F)(F)F)COc2ccc(Br)nc21. The van der Waals surface area contributed by atoms with Crippen LogP contribution in [-0.2, 0) is 5.60 Å². The molecule has 0 aliphatic carbocycles. The first-order chi connectivity index (χ1) is 6.84. The Bertz CT molecular complexity index is 409. The monoisotopic (exact) mass is 283 g/mol. The van der Waals surface area contributed by atoms with Gasteiger partial charge >= 0.3 is 6.18 Å². The number of aliphatic hydroxyl groups is 1. The van der Waals surface area contributed by atoms with E-state index in [0.29, 0.717) is 0 Å². The highest BCUT2D eigenvalue weighted by molar-refractivity contribution is 9.10. The summed E-state index contributed by atoms with van der Waals surface area (Å²) in [6, 6.07) is 2.77. The summed E-state index contributed by atoms with van der Waals surface area (Å²) in [7, 11) is 0. The van der Waals surface area contributed by atoms with E-state index in [4.69, 9.17) is 4.74 Å². The molecule has 7 heteroatoms. The number of alkyl halides is 3. The van der Waals surface area contributed by atoms with Gasteiger partial charge in [-0.25, -0.2) is 4.98 Å². The summed E-state index contributed by atoms with van der Waals surface area (Å²) in [6.45, 7) is -0.852. The van der Waals surface area contributed by atoms with Crippen LogP contribution in [-0.4, -0.2) is 22.9 Å². The van der Waals surface area contributed by atoms with Crippen molar-refractivity contribution in [2.75, 3.05) is 6.61 Å². The molecule has 0 saturated carbocycles. The Morgan fingerprint density at radius 3 is 2.73 bits per heavy atom. The Morgan fingerprint density at radius 1 is 1.47 bits per heavy atom. The minimum atomic E-state index is -4.80. The Balaban J connectivity index is 2.56. The van der Waals surface area contributed by atoms with Gasteiger partial charge in [0.2, 0.25) is 5.60 Å². The van der Waals surface area contributed by atoms with Crippen molar-refractivity contribution in [2.24, 2.45) is 0 Å². The average Bonchev–Trinajstić information content (AvgIpc) is 2.44. The molecule has 0 saturated heterocycles. The topological polar surface area (TPSA) is 42.4 Å². The minimum absolute atomic E-state index is 0.0435. The Kier molecular flexibility index (Phi) is 2.20. The van der Waals surface area contributed by atoms with Gasteiger partial charge in [0.1, 0.15) is 22.7 Å². The van der Waals surface area contributed by atoms with E-state index in [9.17, 15) is 18.3 Å². The van der Waals surface area contributed by atoms with Gasteiger partial charge in [-0.3, -0.25) is 0 Å². The molecule has 82 valence electrons. The number of hydrogen-bond donors (Lipinski definition) is 1. The molecule has 1 unspecified atom stereocenters. The van der Waals surface area contributed by atoms with Gasteiger partial charge in [0.15, 0.2) is 0 Å². The lowest BCUT2D eigenvalue weighted by Gasteiger charge is -2.23. The molecule has 3 nitrogen and oxygen atoms in total. The molecule has 1 aliphatic heterocycles. The molecule has 0 aromatic carbocycles. The molecule has 1 N–H and O–H groups in total. The number of fused-ring (bicyclic) bond motifs is 1. The molecule has 15 heavy (non-hydrogen) atoms. The van der Waals surface area contributed by atoms with Crippen LogP contribution in [0.1, 0.15) is 5.69 Å². The van der Waals surface area contributed by atoms with Crippen molar-refractivity contribution in [3.05, 3.63) is 22.4 Å². The van der Waals surface area contributed by atoms with Gasteiger partial charge in [0.05, 0.1) is 0 Å². The third-order valence-electron chi connectivity index (χ3n) is 2.12. The maximum Gasteiger partial charge on any atom is 0.426 e. The largest absolute Gasteiger partial charge is 0.488 e. The zero-order chi connectivity index (χ0) is 11.3. The lowest BCUT2D eigenvalue weighted by molar-refractivity contribution is -0.268. The maximum atomic E-state index is 12.6. The van der Waals surface area contributed by atoms with Gasteiger partial charge in [-0.15, -0.1) is 0 Å². The van der Waals surface area contributed by atoms with E-state index in [1.165, 1.54) is 12.1 Å². The summed E-state index contributed by atoms with van der Waals surface area (Å²) in [4.78, 5) is 3.60. The highest BCUT2D eigenvalue weighted by Gasteiger charge is 2.61. The Labute approximate surface area is 91.0 Å². The van der Waals surface area contributed by atoms with Crippen LogP contribution in [0.4, 0.5) is 13.2 Å². The smallest absolute Gasteiger partial charge is 0.426 e. The van der Waals surface area contributed by atoms with Gasteiger partial charge in [-0.1, -0.05) is 0 Å². The van der Waals surface area contributed by atoms with Crippen LogP contribution >= 0.6 is 15.9 Å². The van der Waals surface area contributed by atoms with Crippen molar-refractivity contribution in [3.63, 3.8) is 0 Å². The van der Waals surface area contributed by atoms with E-state index in [-0.39, 0.29) is 10.4 Å². The van der Waals surface area contributed by atoms with E-state index in [2.05, 4.69) is 20.9 Å². The van der Waals surface area contributed by atoms with E-state index in [0.717, 1.165) is 0 Å². The Hall–Kier alpha value is -0.820. The fraction of sp³-hybridized carbons (Fsp3) is 0.375. The highest BCUT2D eigenvalue weighted by atomic mass is 79.9. The minimum Gasteiger partial charge on any atom is -0.488 e. The fourth-order valence-electron chi connectivity index (χ4n) is 1.30. The summed E-state index contributed by atoms with van der Waals surface area (Å²) in [6.07, 6.45) is -4.80. The number of nitrogens with zero attached hydrogens (tertiary/aromatic N) is 1. The summed E-state index contributed by atoms with van der Waals surface area (Å²) in [5, 5.41) is 9.47. The molecule has 1 aliphatic rings. The Morgan fingerprint density at radius 2 is 2.13 bits per heavy atom. The number of rotatable bonds is 0. The van der Waals surface area contributed by atoms with Gasteiger partial charge < -0.3 is 9.84 Å². The molecule has 0 fully saturated rings. The van der Waals surface area contributed by atoms with Crippen LogP contribution in [0.3, 0.4) is 0 Å². The van der Waals surface area contributed by atoms with Crippen LogP contribution in [0.5, 0.6) is 5.75 Å². The van der Waals surface area contributed by atoms with E-state index in [1.807, 2.05) is 0 Å². The van der Waals surface area contributed by atoms with Gasteiger partial charge in [0.25, 0.3) is 0 Å². The van der Waals surface area contributed by atoms with Crippen LogP contribution in [0.25, 0.3) is 0 Å². The molecule has 0 spiro atoms. The first-order valence-corrected chi connectivity index (χ1v) is 4.73. The van der Waals surface area contributed by atoms with Gasteiger partial charge in [0, 0.05) is 0 Å². The molecule has 1 aromatic rings. The van der Waals surface area contributed by atoms with Crippen LogP contribution in [0.15, 0.2) is 16.7 Å². The lowest BCUT2D eigenvalue weighted by atomic mass is 10.0. The van der Waals surface area contributed by atoms with Crippen LogP contribution in [0, 0.1) is 0 Å². The summed E-state index contributed by atoms with van der Waals surface area (Å²) in [5.74, 6) is -0.0435. The molecule has 0 amide bonds. The first kappa shape index (κ1) is 10.7. The number of hydrogen-bond acceptors (Lipinski definition) is 3. The van der Waals surface area contributed by atoms with Gasteiger partial charge in [-0.05, 0) is 28.1 Å². The quantitative estimate of drug-likeness (QED) is 0.741. The molecule has 0 bridgehead atoms. The second-order valence-corrected chi connectivity index (χ2v) is 3.94. The standard InChI is InChI=1S/C8H5BrF3NO2/c9-5-2-1-4-6(13-5)7(14,3-15-4)8(10,11)12/h1-2,14H,3H2. The predicted molar refractivity (Wildman–Crippen MR) is 47.4 cm³/mol. The maximum absolute atomic E-state index is 12.6. The molecule has 0 radical (unpaired) electrons.